The van der Waals surface area contributed by atoms with Crippen molar-refractivity contribution in [2.45, 2.75) is 42.0 Å². The summed E-state index contributed by atoms with van der Waals surface area (Å²) >= 11 is 3.11. The normalized spacial score (nSPS) is 27.7. The molecule has 8 heteroatoms. The third-order valence-corrected chi connectivity index (χ3v) is 10.0. The fourth-order valence-electron chi connectivity index (χ4n) is 5.89. The van der Waals surface area contributed by atoms with E-state index in [1.807, 2.05) is 23.9 Å². The van der Waals surface area contributed by atoms with E-state index < -0.39 is 0 Å². The molecule has 0 radical (unpaired) electrons. The van der Waals surface area contributed by atoms with Crippen LogP contribution >= 0.6 is 23.1 Å². The number of methoxy groups -OCH3 is 1. The lowest BCUT2D eigenvalue weighted by Crippen LogP contribution is -2.34. The number of hydrogen-bond donors (Lipinski definition) is 1. The highest BCUT2D eigenvalue weighted by molar-refractivity contribution is 8.00. The number of thiazole rings is 1. The monoisotopic (exact) mass is 468 g/mol. The Morgan fingerprint density at radius 1 is 1.22 bits per heavy atom. The van der Waals surface area contributed by atoms with Crippen LogP contribution in [0, 0.1) is 17.8 Å². The Labute approximate surface area is 194 Å². The number of hydrogen-bond acceptors (Lipinski definition) is 6. The molecule has 166 valence electrons. The first-order valence-corrected chi connectivity index (χ1v) is 12.7. The summed E-state index contributed by atoms with van der Waals surface area (Å²) in [6.07, 6.45) is 5.54. The van der Waals surface area contributed by atoms with Gasteiger partial charge in [-0.15, -0.1) is 11.8 Å². The van der Waals surface area contributed by atoms with E-state index in [0.717, 1.165) is 21.4 Å². The first kappa shape index (κ1) is 20.2. The summed E-state index contributed by atoms with van der Waals surface area (Å²) in [7, 11) is 1.61. The van der Waals surface area contributed by atoms with Crippen molar-refractivity contribution in [2.75, 3.05) is 12.4 Å². The highest BCUT2D eigenvalue weighted by atomic mass is 32.2. The van der Waals surface area contributed by atoms with Gasteiger partial charge >= 0.3 is 4.87 Å². The second-order valence-corrected chi connectivity index (χ2v) is 11.0. The Bertz CT molecular complexity index is 1200. The molecule has 0 spiro atoms. The second-order valence-electron chi connectivity index (χ2n) is 8.89. The van der Waals surface area contributed by atoms with Gasteiger partial charge in [0.2, 0.25) is 5.91 Å². The van der Waals surface area contributed by atoms with Crippen molar-refractivity contribution in [3.8, 4) is 5.75 Å². The number of amides is 1. The van der Waals surface area contributed by atoms with Crippen LogP contribution in [0.5, 0.6) is 5.75 Å². The Morgan fingerprint density at radius 3 is 2.78 bits per heavy atom. The molecule has 3 aromatic rings. The van der Waals surface area contributed by atoms with Gasteiger partial charge in [0.05, 0.1) is 29.2 Å². The SMILES string of the molecule is COc1ccc(NC(=O)Cn2c3c(sc2=O)[C@@H](c2ccco2)C2C4CCC(C4)C2S3)cc1. The molecule has 2 fully saturated rings. The number of rotatable bonds is 5. The summed E-state index contributed by atoms with van der Waals surface area (Å²) in [5, 5.41) is 4.35. The van der Waals surface area contributed by atoms with Crippen molar-refractivity contribution in [2.24, 2.45) is 17.8 Å². The predicted molar refractivity (Wildman–Crippen MR) is 125 cm³/mol. The molecular formula is C24H24N2O4S2. The minimum atomic E-state index is -0.205. The molecule has 3 heterocycles. The van der Waals surface area contributed by atoms with Crippen LogP contribution in [0.4, 0.5) is 5.69 Å². The molecule has 5 atom stereocenters. The van der Waals surface area contributed by atoms with Gasteiger partial charge in [0, 0.05) is 10.9 Å². The smallest absolute Gasteiger partial charge is 0.308 e. The van der Waals surface area contributed by atoms with E-state index in [2.05, 4.69) is 5.32 Å². The number of fused-ring (bicyclic) bond motifs is 6. The van der Waals surface area contributed by atoms with E-state index in [1.54, 1.807) is 42.2 Å². The largest absolute Gasteiger partial charge is 0.497 e. The Morgan fingerprint density at radius 2 is 2.03 bits per heavy atom. The third-order valence-electron chi connectivity index (χ3n) is 7.22. The Balaban J connectivity index is 1.32. The van der Waals surface area contributed by atoms with Crippen molar-refractivity contribution in [1.82, 2.24) is 4.57 Å². The van der Waals surface area contributed by atoms with Gasteiger partial charge < -0.3 is 14.5 Å². The van der Waals surface area contributed by atoms with E-state index in [9.17, 15) is 9.59 Å². The van der Waals surface area contributed by atoms with E-state index in [0.29, 0.717) is 28.7 Å². The minimum absolute atomic E-state index is 0.0139. The first-order chi connectivity index (χ1) is 15.6. The quantitative estimate of drug-likeness (QED) is 0.582. The van der Waals surface area contributed by atoms with Crippen LogP contribution in [-0.4, -0.2) is 22.8 Å². The Kier molecular flexibility index (Phi) is 4.95. The molecular weight excluding hydrogens is 444 g/mol. The van der Waals surface area contributed by atoms with E-state index >= 15 is 0 Å². The maximum atomic E-state index is 13.0. The molecule has 32 heavy (non-hydrogen) atoms. The van der Waals surface area contributed by atoms with Gasteiger partial charge in [0.1, 0.15) is 18.1 Å². The van der Waals surface area contributed by atoms with Crippen LogP contribution in [0.3, 0.4) is 0 Å². The van der Waals surface area contributed by atoms with Crippen molar-refractivity contribution < 1.29 is 13.9 Å². The minimum Gasteiger partial charge on any atom is -0.497 e. The number of thioether (sulfide) groups is 1. The first-order valence-electron chi connectivity index (χ1n) is 11.0. The molecule has 1 aromatic carbocycles. The maximum Gasteiger partial charge on any atom is 0.308 e. The topological polar surface area (TPSA) is 73.5 Å². The summed E-state index contributed by atoms with van der Waals surface area (Å²) < 4.78 is 12.7. The summed E-state index contributed by atoms with van der Waals surface area (Å²) in [4.78, 5) is 26.8. The standard InChI is InChI=1S/C24H24N2O4S2/c1-29-16-8-6-15(7-9-16)25-18(27)12-26-23-22(32-24(26)28)20(17-3-2-10-30-17)19-13-4-5-14(11-13)21(19)31-23/h2-3,6-10,13-14,19-21H,4-5,11-12H2,1H3,(H,25,27)/t13?,14?,19?,20-,21?/m0/s1. The molecule has 6 rings (SSSR count). The lowest BCUT2D eigenvalue weighted by atomic mass is 9.77. The van der Waals surface area contributed by atoms with Gasteiger partial charge in [-0.3, -0.25) is 14.2 Å². The van der Waals surface area contributed by atoms with Crippen LogP contribution in [0.15, 0.2) is 56.9 Å². The highest BCUT2D eigenvalue weighted by Crippen LogP contribution is 2.64. The van der Waals surface area contributed by atoms with Crippen molar-refractivity contribution >= 4 is 34.7 Å². The highest BCUT2D eigenvalue weighted by Gasteiger charge is 2.55. The molecule has 2 aromatic heterocycles. The molecule has 1 amide bonds. The molecule has 2 bridgehead atoms. The zero-order valence-electron chi connectivity index (χ0n) is 17.7. The lowest BCUT2D eigenvalue weighted by Gasteiger charge is -2.39. The average Bonchev–Trinajstić information content (AvgIpc) is 3.59. The van der Waals surface area contributed by atoms with Gasteiger partial charge in [-0.2, -0.15) is 0 Å². The summed E-state index contributed by atoms with van der Waals surface area (Å²) in [6, 6.07) is 11.2. The van der Waals surface area contributed by atoms with E-state index in [1.165, 1.54) is 30.6 Å². The molecule has 3 aliphatic rings. The zero-order valence-corrected chi connectivity index (χ0v) is 19.3. The lowest BCUT2D eigenvalue weighted by molar-refractivity contribution is -0.116. The summed E-state index contributed by atoms with van der Waals surface area (Å²) in [5.74, 6) is 3.49. The molecule has 1 N–H and O–H groups in total. The van der Waals surface area contributed by atoms with Crippen LogP contribution < -0.4 is 14.9 Å². The number of nitrogens with zero attached hydrogens (tertiary/aromatic N) is 1. The van der Waals surface area contributed by atoms with Gasteiger partial charge in [-0.1, -0.05) is 11.3 Å². The number of ether oxygens (including phenoxy) is 1. The molecule has 4 unspecified atom stereocenters. The van der Waals surface area contributed by atoms with Gasteiger partial charge in [0.15, 0.2) is 0 Å². The molecule has 6 nitrogen and oxygen atoms in total. The average molecular weight is 469 g/mol. The van der Waals surface area contributed by atoms with Crippen molar-refractivity contribution in [1.29, 1.82) is 0 Å². The van der Waals surface area contributed by atoms with Gasteiger partial charge in [-0.05, 0) is 73.4 Å². The van der Waals surface area contributed by atoms with Crippen LogP contribution in [0.1, 0.15) is 35.8 Å². The van der Waals surface area contributed by atoms with Crippen LogP contribution in [0.2, 0.25) is 0 Å². The van der Waals surface area contributed by atoms with Crippen molar-refractivity contribution in [3.05, 3.63) is 63.0 Å². The summed E-state index contributed by atoms with van der Waals surface area (Å²) in [5.41, 5.74) is 0.683. The second kappa shape index (κ2) is 7.85. The van der Waals surface area contributed by atoms with E-state index in [-0.39, 0.29) is 23.2 Å². The van der Waals surface area contributed by atoms with Crippen LogP contribution in [0.25, 0.3) is 0 Å². The third kappa shape index (κ3) is 3.23. The molecule has 1 aliphatic heterocycles. The number of nitrogens with one attached hydrogen (secondary N) is 1. The number of carbonyl (C=O) groups excluding carboxylic acids is 1. The van der Waals surface area contributed by atoms with Crippen molar-refractivity contribution in [3.63, 3.8) is 0 Å². The molecule has 2 saturated carbocycles. The van der Waals surface area contributed by atoms with E-state index in [4.69, 9.17) is 9.15 Å². The molecule has 0 saturated heterocycles. The number of furan rings is 1. The number of carbonyl (C=O) groups is 1. The summed E-state index contributed by atoms with van der Waals surface area (Å²) in [6.45, 7) is 0.0139. The maximum absolute atomic E-state index is 13.0. The molecule has 2 aliphatic carbocycles. The number of aromatic nitrogens is 1. The number of benzene rings is 1. The zero-order chi connectivity index (χ0) is 21.8. The predicted octanol–water partition coefficient (Wildman–Crippen LogP) is 4.80. The fraction of sp³-hybridized carbons (Fsp3) is 0.417. The Hall–Kier alpha value is -2.45. The van der Waals surface area contributed by atoms with Gasteiger partial charge in [-0.25, -0.2) is 0 Å². The van der Waals surface area contributed by atoms with Crippen LogP contribution in [-0.2, 0) is 11.3 Å². The van der Waals surface area contributed by atoms with Gasteiger partial charge in [0.25, 0.3) is 0 Å². The number of anilines is 1. The fourth-order valence-corrected chi connectivity index (χ4v) is 9.02.